The molecule has 1 fully saturated rings. The van der Waals surface area contributed by atoms with Crippen molar-refractivity contribution in [3.63, 3.8) is 0 Å². The van der Waals surface area contributed by atoms with E-state index in [1.807, 2.05) is 0 Å². The van der Waals surface area contributed by atoms with E-state index < -0.39 is 0 Å². The van der Waals surface area contributed by atoms with Gasteiger partial charge in [0.05, 0.1) is 0 Å². The van der Waals surface area contributed by atoms with Gasteiger partial charge in [-0.2, -0.15) is 4.98 Å². The summed E-state index contributed by atoms with van der Waals surface area (Å²) in [6, 6.07) is 0.103. The fraction of sp³-hybridized carbons (Fsp3) is 0.846. The van der Waals surface area contributed by atoms with Crippen LogP contribution < -0.4 is 5.73 Å². The number of aromatic nitrogens is 2. The Hall–Kier alpha value is -0.900. The number of hydrogen-bond acceptors (Lipinski definition) is 4. The highest BCUT2D eigenvalue weighted by Crippen LogP contribution is 2.36. The average molecular weight is 237 g/mol. The maximum Gasteiger partial charge on any atom is 0.228 e. The Morgan fingerprint density at radius 3 is 2.76 bits per heavy atom. The Bertz CT molecular complexity index is 361. The molecule has 1 heterocycles. The molecule has 0 aromatic carbocycles. The summed E-state index contributed by atoms with van der Waals surface area (Å²) in [6.45, 7) is 6.51. The third kappa shape index (κ3) is 3.06. The van der Waals surface area contributed by atoms with E-state index in [2.05, 4.69) is 30.9 Å². The Kier molecular flexibility index (Phi) is 3.82. The van der Waals surface area contributed by atoms with E-state index in [0.29, 0.717) is 24.1 Å². The van der Waals surface area contributed by atoms with Crippen LogP contribution >= 0.6 is 0 Å². The van der Waals surface area contributed by atoms with Crippen molar-refractivity contribution in [2.45, 2.75) is 58.4 Å². The maximum absolute atomic E-state index is 6.01. The predicted molar refractivity (Wildman–Crippen MR) is 66.6 cm³/mol. The minimum Gasteiger partial charge on any atom is -0.339 e. The molecular formula is C13H23N3O. The molecule has 0 radical (unpaired) electrons. The van der Waals surface area contributed by atoms with Gasteiger partial charge < -0.3 is 10.3 Å². The molecular weight excluding hydrogens is 214 g/mol. The van der Waals surface area contributed by atoms with E-state index in [1.54, 1.807) is 0 Å². The summed E-state index contributed by atoms with van der Waals surface area (Å²) >= 11 is 0. The molecule has 0 amide bonds. The van der Waals surface area contributed by atoms with Crippen molar-refractivity contribution in [3.8, 4) is 0 Å². The zero-order chi connectivity index (χ0) is 12.4. The average Bonchev–Trinajstić information content (AvgIpc) is 2.86. The standard InChI is InChI=1S/C13H23N3O/c1-8(2)11(14)7-12-15-13(16-17-12)10-5-4-9(3)6-10/h8-11H,4-7,14H2,1-3H3. The molecule has 2 rings (SSSR count). The normalized spacial score (nSPS) is 26.6. The van der Waals surface area contributed by atoms with Crippen LogP contribution in [0.3, 0.4) is 0 Å². The molecule has 1 aromatic rings. The first-order chi connectivity index (χ1) is 8.06. The van der Waals surface area contributed by atoms with Gasteiger partial charge in [-0.05, 0) is 31.1 Å². The lowest BCUT2D eigenvalue weighted by molar-refractivity contribution is 0.347. The molecule has 1 aliphatic carbocycles. The molecule has 0 aliphatic heterocycles. The molecule has 4 heteroatoms. The summed E-state index contributed by atoms with van der Waals surface area (Å²) in [5, 5.41) is 4.10. The SMILES string of the molecule is CC1CCC(c2noc(CC(N)C(C)C)n2)C1. The summed E-state index contributed by atoms with van der Waals surface area (Å²) in [4.78, 5) is 4.49. The number of nitrogens with zero attached hydrogens (tertiary/aromatic N) is 2. The zero-order valence-corrected chi connectivity index (χ0v) is 11.0. The molecule has 1 saturated carbocycles. The Morgan fingerprint density at radius 1 is 1.41 bits per heavy atom. The highest BCUT2D eigenvalue weighted by atomic mass is 16.5. The Labute approximate surface area is 103 Å². The second-order valence-electron chi connectivity index (χ2n) is 5.77. The number of hydrogen-bond donors (Lipinski definition) is 1. The summed E-state index contributed by atoms with van der Waals surface area (Å²) < 4.78 is 5.29. The van der Waals surface area contributed by atoms with Crippen LogP contribution in [0.15, 0.2) is 4.52 Å². The molecule has 1 aliphatic rings. The molecule has 4 nitrogen and oxygen atoms in total. The lowest BCUT2D eigenvalue weighted by atomic mass is 10.0. The topological polar surface area (TPSA) is 64.9 Å². The first-order valence-electron chi connectivity index (χ1n) is 6.64. The molecule has 17 heavy (non-hydrogen) atoms. The first kappa shape index (κ1) is 12.6. The second kappa shape index (κ2) is 5.17. The van der Waals surface area contributed by atoms with Gasteiger partial charge in [-0.3, -0.25) is 0 Å². The van der Waals surface area contributed by atoms with Gasteiger partial charge in [-0.25, -0.2) is 0 Å². The van der Waals surface area contributed by atoms with Crippen LogP contribution in [0.5, 0.6) is 0 Å². The van der Waals surface area contributed by atoms with Crippen LogP contribution in [0.2, 0.25) is 0 Å². The number of rotatable bonds is 4. The third-order valence-electron chi connectivity index (χ3n) is 3.81. The summed E-state index contributed by atoms with van der Waals surface area (Å²) in [5.74, 6) is 3.32. The summed E-state index contributed by atoms with van der Waals surface area (Å²) in [6.07, 6.45) is 4.35. The van der Waals surface area contributed by atoms with Gasteiger partial charge in [0.2, 0.25) is 5.89 Å². The number of nitrogens with two attached hydrogens (primary N) is 1. The van der Waals surface area contributed by atoms with Crippen LogP contribution in [0.4, 0.5) is 0 Å². The fourth-order valence-corrected chi connectivity index (χ4v) is 2.40. The van der Waals surface area contributed by atoms with Gasteiger partial charge in [0, 0.05) is 18.4 Å². The maximum atomic E-state index is 6.01. The van der Waals surface area contributed by atoms with E-state index in [1.165, 1.54) is 19.3 Å². The van der Waals surface area contributed by atoms with Crippen LogP contribution in [0.1, 0.15) is 57.7 Å². The Morgan fingerprint density at radius 2 is 2.18 bits per heavy atom. The van der Waals surface area contributed by atoms with Gasteiger partial charge in [0.1, 0.15) is 0 Å². The minimum atomic E-state index is 0.103. The van der Waals surface area contributed by atoms with Gasteiger partial charge >= 0.3 is 0 Å². The highest BCUT2D eigenvalue weighted by molar-refractivity contribution is 5.00. The molecule has 1 aromatic heterocycles. The van der Waals surface area contributed by atoms with Crippen LogP contribution in [-0.4, -0.2) is 16.2 Å². The quantitative estimate of drug-likeness (QED) is 0.873. The smallest absolute Gasteiger partial charge is 0.228 e. The molecule has 0 saturated heterocycles. The molecule has 3 atom stereocenters. The van der Waals surface area contributed by atoms with Gasteiger partial charge in [-0.1, -0.05) is 25.9 Å². The van der Waals surface area contributed by atoms with Crippen molar-refractivity contribution in [2.24, 2.45) is 17.6 Å². The van der Waals surface area contributed by atoms with E-state index in [9.17, 15) is 0 Å². The molecule has 0 bridgehead atoms. The van der Waals surface area contributed by atoms with Crippen molar-refractivity contribution in [2.75, 3.05) is 0 Å². The second-order valence-corrected chi connectivity index (χ2v) is 5.77. The fourth-order valence-electron chi connectivity index (χ4n) is 2.40. The van der Waals surface area contributed by atoms with E-state index in [4.69, 9.17) is 10.3 Å². The van der Waals surface area contributed by atoms with Crippen LogP contribution in [0, 0.1) is 11.8 Å². The van der Waals surface area contributed by atoms with Crippen LogP contribution in [0.25, 0.3) is 0 Å². The van der Waals surface area contributed by atoms with Gasteiger partial charge in [0.15, 0.2) is 5.82 Å². The van der Waals surface area contributed by atoms with Gasteiger partial charge in [0.25, 0.3) is 0 Å². The van der Waals surface area contributed by atoms with Crippen molar-refractivity contribution in [1.82, 2.24) is 10.1 Å². The third-order valence-corrected chi connectivity index (χ3v) is 3.81. The van der Waals surface area contributed by atoms with Crippen molar-refractivity contribution >= 4 is 0 Å². The highest BCUT2D eigenvalue weighted by Gasteiger charge is 2.27. The van der Waals surface area contributed by atoms with E-state index in [-0.39, 0.29) is 6.04 Å². The van der Waals surface area contributed by atoms with Crippen molar-refractivity contribution < 1.29 is 4.52 Å². The van der Waals surface area contributed by atoms with Crippen molar-refractivity contribution in [3.05, 3.63) is 11.7 Å². The molecule has 0 spiro atoms. The predicted octanol–water partition coefficient (Wildman–Crippen LogP) is 2.50. The lowest BCUT2D eigenvalue weighted by Crippen LogP contribution is -2.28. The largest absolute Gasteiger partial charge is 0.339 e. The molecule has 96 valence electrons. The summed E-state index contributed by atoms with van der Waals surface area (Å²) in [7, 11) is 0. The lowest BCUT2D eigenvalue weighted by Gasteiger charge is -2.12. The van der Waals surface area contributed by atoms with Gasteiger partial charge in [-0.15, -0.1) is 0 Å². The zero-order valence-electron chi connectivity index (χ0n) is 11.0. The van der Waals surface area contributed by atoms with Crippen molar-refractivity contribution in [1.29, 1.82) is 0 Å². The first-order valence-corrected chi connectivity index (χ1v) is 6.64. The van der Waals surface area contributed by atoms with Crippen LogP contribution in [-0.2, 0) is 6.42 Å². The van der Waals surface area contributed by atoms with E-state index in [0.717, 1.165) is 11.7 Å². The minimum absolute atomic E-state index is 0.103. The molecule has 2 N–H and O–H groups in total. The molecule has 3 unspecified atom stereocenters. The Balaban J connectivity index is 1.96. The monoisotopic (exact) mass is 237 g/mol. The van der Waals surface area contributed by atoms with E-state index >= 15 is 0 Å². The summed E-state index contributed by atoms with van der Waals surface area (Å²) in [5.41, 5.74) is 6.01.